The van der Waals surface area contributed by atoms with Crippen molar-refractivity contribution in [3.05, 3.63) is 60.8 Å². The second kappa shape index (κ2) is 35.3. The van der Waals surface area contributed by atoms with Crippen LogP contribution < -0.4 is 5.73 Å². The van der Waals surface area contributed by atoms with Gasteiger partial charge in [-0.25, -0.2) is 4.57 Å². The number of phosphoric ester groups is 1. The summed E-state index contributed by atoms with van der Waals surface area (Å²) < 4.78 is 32.7. The SMILES string of the molecule is CC/C=C\C/C=C\C/C=C\C/C=C\CCCCCCC(=O)OC[C@H](COP(=O)(O)OC[C@H](N)C(=O)O)OC(=O)CCCCCC[C@H]1[C@@H](O)CC(=O)[C@@H]1/C=C/[C@@H](O)CCCCC. The largest absolute Gasteiger partial charge is 0.480 e. The third kappa shape index (κ3) is 29.7. The van der Waals surface area contributed by atoms with Gasteiger partial charge in [0.15, 0.2) is 6.10 Å². The van der Waals surface area contributed by atoms with Crippen molar-refractivity contribution >= 4 is 31.5 Å². The first kappa shape index (κ1) is 55.8. The average molecular weight is 882 g/mol. The highest BCUT2D eigenvalue weighted by Gasteiger charge is 2.39. The molecule has 14 nitrogen and oxygen atoms in total. The molecule has 0 radical (unpaired) electrons. The van der Waals surface area contributed by atoms with Gasteiger partial charge in [0, 0.05) is 25.2 Å². The third-order valence-electron chi connectivity index (χ3n) is 10.2. The zero-order valence-corrected chi connectivity index (χ0v) is 37.6. The quantitative estimate of drug-likeness (QED) is 0.0171. The first-order valence-electron chi connectivity index (χ1n) is 22.4. The number of aliphatic hydroxyl groups is 2. The van der Waals surface area contributed by atoms with Crippen molar-refractivity contribution in [2.75, 3.05) is 19.8 Å². The molecule has 348 valence electrons. The van der Waals surface area contributed by atoms with E-state index in [-0.39, 0.29) is 31.0 Å². The van der Waals surface area contributed by atoms with Gasteiger partial charge in [0.1, 0.15) is 18.4 Å². The van der Waals surface area contributed by atoms with Gasteiger partial charge < -0.3 is 35.4 Å². The maximum atomic E-state index is 12.8. The zero-order chi connectivity index (χ0) is 45.1. The second-order valence-corrected chi connectivity index (χ2v) is 17.0. The number of carboxylic acids is 1. The van der Waals surface area contributed by atoms with Gasteiger partial charge >= 0.3 is 25.7 Å². The smallest absolute Gasteiger partial charge is 0.472 e. The lowest BCUT2D eigenvalue weighted by Gasteiger charge is -2.20. The number of Topliss-reactive ketones (excluding diaryl/α,β-unsaturated/α-hetero) is 1. The number of ether oxygens (including phenoxy) is 2. The van der Waals surface area contributed by atoms with E-state index in [1.807, 2.05) is 0 Å². The molecule has 1 aliphatic rings. The van der Waals surface area contributed by atoms with E-state index >= 15 is 0 Å². The van der Waals surface area contributed by atoms with Crippen LogP contribution in [-0.2, 0) is 42.3 Å². The molecule has 0 bridgehead atoms. The number of hydrogen-bond acceptors (Lipinski definition) is 12. The van der Waals surface area contributed by atoms with E-state index in [4.69, 9.17) is 24.8 Å². The highest BCUT2D eigenvalue weighted by atomic mass is 31.2. The van der Waals surface area contributed by atoms with Crippen LogP contribution in [0.5, 0.6) is 0 Å². The summed E-state index contributed by atoms with van der Waals surface area (Å²) in [7, 11) is -4.79. The van der Waals surface area contributed by atoms with Crippen LogP contribution in [-0.4, -0.2) is 88.1 Å². The number of unbranched alkanes of at least 4 members (excludes halogenated alkanes) is 9. The number of carbonyl (C=O) groups is 4. The number of esters is 2. The Morgan fingerprint density at radius 1 is 0.787 bits per heavy atom. The Morgan fingerprint density at radius 3 is 2.02 bits per heavy atom. The standard InChI is InChI=1S/C46H76NO13P/c1-3-5-7-8-9-10-11-12-13-14-15-16-17-18-19-20-25-29-44(51)57-34-38(35-58-61(55,56)59-36-41(47)46(53)54)60-45(52)30-26-22-21-24-28-39-40(43(50)33-42(39)49)32-31-37(48)27-23-6-4-2/h5,7,9-10,12-13,15-16,31-32,37-42,48-49H,3-4,6,8,11,14,17-30,33-36,47H2,1-2H3,(H,53,54)(H,55,56)/b7-5-,10-9-,13-12-,16-15-,32-31+/t37-,38+,39+,40+,41-,42-/m0/s1. The maximum absolute atomic E-state index is 12.8. The van der Waals surface area contributed by atoms with Crippen LogP contribution in [0.1, 0.15) is 149 Å². The molecule has 0 spiro atoms. The van der Waals surface area contributed by atoms with Gasteiger partial charge in [0.25, 0.3) is 0 Å². The Morgan fingerprint density at radius 2 is 1.38 bits per heavy atom. The third-order valence-corrected chi connectivity index (χ3v) is 11.1. The fourth-order valence-electron chi connectivity index (χ4n) is 6.61. The van der Waals surface area contributed by atoms with Gasteiger partial charge in [-0.1, -0.05) is 126 Å². The lowest BCUT2D eigenvalue weighted by atomic mass is 9.88. The number of aliphatic carboxylic acids is 1. The highest BCUT2D eigenvalue weighted by molar-refractivity contribution is 7.47. The van der Waals surface area contributed by atoms with Gasteiger partial charge in [-0.2, -0.15) is 0 Å². The molecule has 1 fully saturated rings. The monoisotopic (exact) mass is 882 g/mol. The molecule has 0 aromatic rings. The van der Waals surface area contributed by atoms with E-state index in [1.54, 1.807) is 12.2 Å². The number of ketones is 1. The molecule has 0 amide bonds. The van der Waals surface area contributed by atoms with E-state index in [9.17, 15) is 38.8 Å². The Balaban J connectivity index is 2.49. The van der Waals surface area contributed by atoms with E-state index in [0.717, 1.165) is 83.5 Å². The van der Waals surface area contributed by atoms with E-state index in [1.165, 1.54) is 0 Å². The normalized spacial score (nSPS) is 19.7. The molecule has 1 unspecified atom stereocenters. The molecular formula is C46H76NO13P. The average Bonchev–Trinajstić information content (AvgIpc) is 3.49. The Kier molecular flexibility index (Phi) is 32.2. The summed E-state index contributed by atoms with van der Waals surface area (Å²) in [5, 5.41) is 29.7. The number of allylic oxidation sites excluding steroid dienone is 9. The summed E-state index contributed by atoms with van der Waals surface area (Å²) in [5.41, 5.74) is 5.33. The number of phosphoric acid groups is 1. The first-order chi connectivity index (χ1) is 29.3. The lowest BCUT2D eigenvalue weighted by molar-refractivity contribution is -0.161. The minimum absolute atomic E-state index is 0.0118. The van der Waals surface area contributed by atoms with Crippen molar-refractivity contribution in [1.29, 1.82) is 0 Å². The number of aliphatic hydroxyl groups excluding tert-OH is 2. The topological polar surface area (TPSA) is 229 Å². The van der Waals surface area contributed by atoms with Crippen molar-refractivity contribution < 1.29 is 62.5 Å². The number of hydrogen-bond donors (Lipinski definition) is 5. The minimum Gasteiger partial charge on any atom is -0.480 e. The molecular weight excluding hydrogens is 805 g/mol. The summed E-state index contributed by atoms with van der Waals surface area (Å²) >= 11 is 0. The number of carboxylic acid groups (broad SMARTS) is 1. The van der Waals surface area contributed by atoms with Crippen LogP contribution in [0.4, 0.5) is 0 Å². The summed E-state index contributed by atoms with van der Waals surface area (Å²) in [6.07, 6.45) is 33.3. The predicted molar refractivity (Wildman–Crippen MR) is 236 cm³/mol. The molecule has 1 saturated carbocycles. The van der Waals surface area contributed by atoms with Gasteiger partial charge in [0.2, 0.25) is 0 Å². The second-order valence-electron chi connectivity index (χ2n) is 15.6. The Hall–Kier alpha value is -3.23. The molecule has 0 heterocycles. The molecule has 0 aromatic heterocycles. The highest BCUT2D eigenvalue weighted by Crippen LogP contribution is 2.43. The molecule has 0 aliphatic heterocycles. The minimum atomic E-state index is -4.79. The van der Waals surface area contributed by atoms with E-state index in [2.05, 4.69) is 67.0 Å². The van der Waals surface area contributed by atoms with Crippen LogP contribution >= 0.6 is 7.82 Å². The van der Waals surface area contributed by atoms with Crippen molar-refractivity contribution in [2.45, 2.75) is 173 Å². The molecule has 1 aliphatic carbocycles. The predicted octanol–water partition coefficient (Wildman–Crippen LogP) is 8.54. The summed E-state index contributed by atoms with van der Waals surface area (Å²) in [6, 6.07) is -1.57. The van der Waals surface area contributed by atoms with Crippen molar-refractivity contribution in [1.82, 2.24) is 0 Å². The molecule has 6 N–H and O–H groups in total. The summed E-state index contributed by atoms with van der Waals surface area (Å²) in [5.74, 6) is -3.29. The lowest BCUT2D eigenvalue weighted by Crippen LogP contribution is -2.34. The molecule has 0 saturated heterocycles. The van der Waals surface area contributed by atoms with Crippen molar-refractivity contribution in [3.63, 3.8) is 0 Å². The maximum Gasteiger partial charge on any atom is 0.472 e. The molecule has 0 aromatic carbocycles. The number of carbonyl (C=O) groups excluding carboxylic acids is 3. The Labute approximate surface area is 364 Å². The van der Waals surface area contributed by atoms with Crippen LogP contribution in [0.25, 0.3) is 0 Å². The van der Waals surface area contributed by atoms with Crippen LogP contribution in [0.2, 0.25) is 0 Å². The zero-order valence-electron chi connectivity index (χ0n) is 36.7. The van der Waals surface area contributed by atoms with Crippen LogP contribution in [0, 0.1) is 11.8 Å². The molecule has 15 heteroatoms. The fraction of sp³-hybridized carbons (Fsp3) is 0.696. The fourth-order valence-corrected chi connectivity index (χ4v) is 7.38. The summed E-state index contributed by atoms with van der Waals surface area (Å²) in [6.45, 7) is 2.31. The van der Waals surface area contributed by atoms with Gasteiger partial charge in [0.05, 0.1) is 25.4 Å². The van der Waals surface area contributed by atoms with Crippen molar-refractivity contribution in [3.8, 4) is 0 Å². The van der Waals surface area contributed by atoms with Crippen LogP contribution in [0.3, 0.4) is 0 Å². The van der Waals surface area contributed by atoms with Gasteiger partial charge in [-0.15, -0.1) is 0 Å². The van der Waals surface area contributed by atoms with Gasteiger partial charge in [-0.3, -0.25) is 28.2 Å². The van der Waals surface area contributed by atoms with Gasteiger partial charge in [-0.05, 0) is 70.1 Å². The number of rotatable bonds is 37. The van der Waals surface area contributed by atoms with E-state index < -0.39 is 75.8 Å². The molecule has 1 rings (SSSR count). The molecule has 61 heavy (non-hydrogen) atoms. The van der Waals surface area contributed by atoms with Crippen molar-refractivity contribution in [2.24, 2.45) is 17.6 Å². The number of nitrogens with two attached hydrogens (primary N) is 1. The Bertz CT molecular complexity index is 1430. The van der Waals surface area contributed by atoms with Crippen LogP contribution in [0.15, 0.2) is 60.8 Å². The molecule has 7 atom stereocenters. The first-order valence-corrected chi connectivity index (χ1v) is 23.9. The van der Waals surface area contributed by atoms with E-state index in [0.29, 0.717) is 32.1 Å². The summed E-state index contributed by atoms with van der Waals surface area (Å²) in [4.78, 5) is 58.8.